The van der Waals surface area contributed by atoms with Crippen molar-refractivity contribution in [2.45, 2.75) is 60.3 Å². The number of Topliss-reactive ketones (excluding diaryl/α,β-unsaturated/α-hetero) is 1. The molecule has 0 aromatic rings. The van der Waals surface area contributed by atoms with Crippen LogP contribution in [0.15, 0.2) is 23.5 Å². The molecular formula is C14H26O2. The zero-order valence-electron chi connectivity index (χ0n) is 11.3. The Morgan fingerprint density at radius 3 is 2.12 bits per heavy atom. The van der Waals surface area contributed by atoms with Crippen molar-refractivity contribution < 1.29 is 9.90 Å². The first-order valence-corrected chi connectivity index (χ1v) is 6.25. The molecule has 0 saturated carbocycles. The Hall–Kier alpha value is -1.05. The quantitative estimate of drug-likeness (QED) is 0.765. The second kappa shape index (κ2) is 12.0. The van der Waals surface area contributed by atoms with Gasteiger partial charge in [0.2, 0.25) is 0 Å². The van der Waals surface area contributed by atoms with Crippen molar-refractivity contribution >= 4 is 5.78 Å². The van der Waals surface area contributed by atoms with Crippen LogP contribution in [-0.2, 0) is 4.79 Å². The number of ketones is 1. The first-order valence-electron chi connectivity index (χ1n) is 6.25. The third kappa shape index (κ3) is 9.50. The maximum Gasteiger partial charge on any atom is 0.130 e. The van der Waals surface area contributed by atoms with Gasteiger partial charge in [-0.2, -0.15) is 0 Å². The van der Waals surface area contributed by atoms with Crippen LogP contribution in [-0.4, -0.2) is 10.9 Å². The molecule has 0 radical (unpaired) electrons. The average Bonchev–Trinajstić information content (AvgIpc) is 2.33. The topological polar surface area (TPSA) is 37.3 Å². The Morgan fingerprint density at radius 2 is 1.75 bits per heavy atom. The van der Waals surface area contributed by atoms with E-state index in [-0.39, 0.29) is 5.78 Å². The number of carbonyl (C=O) groups is 1. The molecule has 0 fully saturated rings. The van der Waals surface area contributed by atoms with Crippen LogP contribution in [0.4, 0.5) is 0 Å². The van der Waals surface area contributed by atoms with E-state index in [2.05, 4.69) is 0 Å². The van der Waals surface area contributed by atoms with Crippen molar-refractivity contribution in [3.8, 4) is 0 Å². The summed E-state index contributed by atoms with van der Waals surface area (Å²) < 4.78 is 0. The van der Waals surface area contributed by atoms with Crippen LogP contribution in [0, 0.1) is 0 Å². The van der Waals surface area contributed by atoms with E-state index in [1.54, 1.807) is 13.0 Å². The Kier molecular flexibility index (Phi) is 13.0. The zero-order valence-corrected chi connectivity index (χ0v) is 11.3. The summed E-state index contributed by atoms with van der Waals surface area (Å²) in [6, 6.07) is 0. The van der Waals surface area contributed by atoms with Gasteiger partial charge in [-0.05, 0) is 25.8 Å². The molecule has 0 heterocycles. The third-order valence-electron chi connectivity index (χ3n) is 2.01. The highest BCUT2D eigenvalue weighted by atomic mass is 16.3. The van der Waals surface area contributed by atoms with Crippen LogP contribution in [0.25, 0.3) is 0 Å². The van der Waals surface area contributed by atoms with Gasteiger partial charge in [0.15, 0.2) is 0 Å². The number of aliphatic hydroxyl groups excluding tert-OH is 1. The van der Waals surface area contributed by atoms with Crippen LogP contribution in [0.1, 0.15) is 60.3 Å². The fraction of sp³-hybridized carbons (Fsp3) is 0.643. The van der Waals surface area contributed by atoms with Gasteiger partial charge in [0.25, 0.3) is 0 Å². The molecule has 0 aromatic heterocycles. The van der Waals surface area contributed by atoms with Crippen molar-refractivity contribution in [3.63, 3.8) is 0 Å². The Bertz CT molecular complexity index is 237. The molecule has 16 heavy (non-hydrogen) atoms. The molecular weight excluding hydrogens is 200 g/mol. The standard InChI is InChI=1S/C10H14O2.2C2H6/c1-8(11)2-3-9-4-6-10(12)7-5-9;2*1-2/h4,6,12H,2-3,5,7H2,1H3;2*1-2H3. The van der Waals surface area contributed by atoms with Gasteiger partial charge >= 0.3 is 0 Å². The van der Waals surface area contributed by atoms with Gasteiger partial charge in [0.05, 0.1) is 5.76 Å². The first kappa shape index (κ1) is 17.3. The highest BCUT2D eigenvalue weighted by molar-refractivity contribution is 5.75. The van der Waals surface area contributed by atoms with E-state index < -0.39 is 0 Å². The smallest absolute Gasteiger partial charge is 0.130 e. The van der Waals surface area contributed by atoms with Gasteiger partial charge in [-0.3, -0.25) is 0 Å². The second-order valence-corrected chi connectivity index (χ2v) is 3.18. The van der Waals surface area contributed by atoms with E-state index in [0.717, 1.165) is 19.3 Å². The largest absolute Gasteiger partial charge is 0.512 e. The molecule has 0 unspecified atom stereocenters. The van der Waals surface area contributed by atoms with Crippen molar-refractivity contribution in [3.05, 3.63) is 23.5 Å². The summed E-state index contributed by atoms with van der Waals surface area (Å²) in [5, 5.41) is 9.05. The fourth-order valence-electron chi connectivity index (χ4n) is 1.21. The lowest BCUT2D eigenvalue weighted by molar-refractivity contribution is -0.116. The third-order valence-corrected chi connectivity index (χ3v) is 2.01. The normalized spacial score (nSPS) is 13.3. The van der Waals surface area contributed by atoms with Crippen molar-refractivity contribution in [2.24, 2.45) is 0 Å². The Balaban J connectivity index is 0. The van der Waals surface area contributed by atoms with Gasteiger partial charge in [-0.15, -0.1) is 0 Å². The number of carbonyl (C=O) groups excluding carboxylic acids is 1. The number of allylic oxidation sites excluding steroid dienone is 4. The first-order chi connectivity index (χ1) is 7.68. The number of hydrogen-bond donors (Lipinski definition) is 1. The minimum Gasteiger partial charge on any atom is -0.512 e. The molecule has 0 aliphatic heterocycles. The van der Waals surface area contributed by atoms with E-state index in [9.17, 15) is 4.79 Å². The summed E-state index contributed by atoms with van der Waals surface area (Å²) in [4.78, 5) is 10.7. The molecule has 0 bridgehead atoms. The Labute approximate surface area is 100 Å². The summed E-state index contributed by atoms with van der Waals surface area (Å²) in [5.41, 5.74) is 1.27. The molecule has 0 spiro atoms. The van der Waals surface area contributed by atoms with E-state index in [1.807, 2.05) is 33.8 Å². The minimum absolute atomic E-state index is 0.231. The van der Waals surface area contributed by atoms with Gasteiger partial charge in [-0.25, -0.2) is 0 Å². The van der Waals surface area contributed by atoms with Crippen molar-refractivity contribution in [1.82, 2.24) is 0 Å². The highest BCUT2D eigenvalue weighted by Crippen LogP contribution is 2.20. The number of rotatable bonds is 3. The predicted octanol–water partition coefficient (Wildman–Crippen LogP) is 4.57. The van der Waals surface area contributed by atoms with E-state index in [0.29, 0.717) is 12.2 Å². The van der Waals surface area contributed by atoms with Gasteiger partial charge < -0.3 is 9.90 Å². The maximum atomic E-state index is 10.7. The fourth-order valence-corrected chi connectivity index (χ4v) is 1.21. The lowest BCUT2D eigenvalue weighted by Crippen LogP contribution is -1.96. The van der Waals surface area contributed by atoms with Crippen LogP contribution >= 0.6 is 0 Å². The summed E-state index contributed by atoms with van der Waals surface area (Å²) >= 11 is 0. The van der Waals surface area contributed by atoms with Crippen LogP contribution in [0.2, 0.25) is 0 Å². The number of hydrogen-bond acceptors (Lipinski definition) is 2. The molecule has 0 saturated heterocycles. The zero-order chi connectivity index (χ0) is 13.0. The van der Waals surface area contributed by atoms with Gasteiger partial charge in [0, 0.05) is 12.8 Å². The molecule has 0 aromatic carbocycles. The Morgan fingerprint density at radius 1 is 1.19 bits per heavy atom. The summed E-state index contributed by atoms with van der Waals surface area (Å²) in [5.74, 6) is 0.677. The number of aliphatic hydroxyl groups is 1. The molecule has 2 heteroatoms. The lowest BCUT2D eigenvalue weighted by atomic mass is 9.99. The van der Waals surface area contributed by atoms with Gasteiger partial charge in [0.1, 0.15) is 5.78 Å². The predicted molar refractivity (Wildman–Crippen MR) is 70.6 cm³/mol. The maximum absolute atomic E-state index is 10.7. The van der Waals surface area contributed by atoms with Crippen LogP contribution in [0.5, 0.6) is 0 Å². The summed E-state index contributed by atoms with van der Waals surface area (Å²) in [7, 11) is 0. The molecule has 0 amide bonds. The molecule has 1 aliphatic carbocycles. The highest BCUT2D eigenvalue weighted by Gasteiger charge is 2.05. The van der Waals surface area contributed by atoms with E-state index in [1.165, 1.54) is 5.57 Å². The molecule has 94 valence electrons. The summed E-state index contributed by atoms with van der Waals surface area (Å²) in [6.07, 6.45) is 6.74. The van der Waals surface area contributed by atoms with Gasteiger partial charge in [-0.1, -0.05) is 39.3 Å². The molecule has 1 rings (SSSR count). The lowest BCUT2D eigenvalue weighted by Gasteiger charge is -2.09. The monoisotopic (exact) mass is 226 g/mol. The van der Waals surface area contributed by atoms with E-state index >= 15 is 0 Å². The van der Waals surface area contributed by atoms with E-state index in [4.69, 9.17) is 5.11 Å². The van der Waals surface area contributed by atoms with Crippen molar-refractivity contribution in [1.29, 1.82) is 0 Å². The summed E-state index contributed by atoms with van der Waals surface area (Å²) in [6.45, 7) is 9.61. The second-order valence-electron chi connectivity index (χ2n) is 3.18. The molecule has 0 atom stereocenters. The molecule has 2 nitrogen and oxygen atoms in total. The molecule has 1 N–H and O–H groups in total. The minimum atomic E-state index is 0.231. The SMILES string of the molecule is CC.CC.CC(=O)CCC1=CC=C(O)CC1. The van der Waals surface area contributed by atoms with Crippen LogP contribution < -0.4 is 0 Å². The van der Waals surface area contributed by atoms with Crippen LogP contribution in [0.3, 0.4) is 0 Å². The molecule has 1 aliphatic rings. The average molecular weight is 226 g/mol. The van der Waals surface area contributed by atoms with Crippen molar-refractivity contribution in [2.75, 3.05) is 0 Å².